The Labute approximate surface area is 255 Å². The van der Waals surface area contributed by atoms with Crippen molar-refractivity contribution in [3.63, 3.8) is 0 Å². The molecule has 2 aromatic heterocycles. The largest absolute Gasteiger partial charge is 0.347 e. The van der Waals surface area contributed by atoms with Crippen molar-refractivity contribution in [2.75, 3.05) is 32.5 Å². The summed E-state index contributed by atoms with van der Waals surface area (Å²) in [5.74, 6) is -1.17. The van der Waals surface area contributed by atoms with E-state index in [9.17, 15) is 23.6 Å². The van der Waals surface area contributed by atoms with Gasteiger partial charge in [0.15, 0.2) is 11.2 Å². The maximum absolute atomic E-state index is 14.6. The lowest BCUT2D eigenvalue weighted by atomic mass is 9.69. The lowest BCUT2D eigenvalue weighted by Gasteiger charge is -2.37. The first-order valence-electron chi connectivity index (χ1n) is 13.5. The molecule has 14 heteroatoms. The Morgan fingerprint density at radius 1 is 1.21 bits per heavy atom. The number of nitrogens with zero attached hydrogens (tertiary/aromatic N) is 6. The van der Waals surface area contributed by atoms with E-state index in [-0.39, 0.29) is 25.3 Å². The van der Waals surface area contributed by atoms with Crippen molar-refractivity contribution < 1.29 is 23.6 Å². The molecule has 2 N–H and O–H groups in total. The fraction of sp³-hybridized carbons (Fsp3) is 0.345. The van der Waals surface area contributed by atoms with Gasteiger partial charge in [0.1, 0.15) is 35.0 Å². The van der Waals surface area contributed by atoms with Crippen molar-refractivity contribution in [1.82, 2.24) is 35.2 Å². The number of pyridine rings is 1. The molecule has 43 heavy (non-hydrogen) atoms. The summed E-state index contributed by atoms with van der Waals surface area (Å²) in [6, 6.07) is 3.94. The average molecular weight is 654 g/mol. The van der Waals surface area contributed by atoms with Gasteiger partial charge in [-0.2, -0.15) is 0 Å². The van der Waals surface area contributed by atoms with Crippen LogP contribution in [-0.2, 0) is 19.2 Å². The number of rotatable bonds is 7. The lowest BCUT2D eigenvalue weighted by Crippen LogP contribution is -2.49. The third-order valence-electron chi connectivity index (χ3n) is 7.56. The zero-order valence-corrected chi connectivity index (χ0v) is 25.6. The number of amides is 3. The standard InChI is InChI=1S/C29H30BrFN8O4/c1-16(40)29(28(43)37(3)4)10-23-18(8-21(29)19-11-32-17(2)33-12-19)13-34-39(23)15-26(41)38-14-20(31)9-22(38)27(42)36-25-7-5-6-24(30)35-25/h5-8,10-13,20,22,34H,9,14-15H2,1-4H3,(H,35,36,42)/t20-,22+,29?/m1/s1. The van der Waals surface area contributed by atoms with Crippen LogP contribution >= 0.6 is 15.9 Å². The smallest absolute Gasteiger partial charge is 0.248 e. The minimum atomic E-state index is -1.72. The number of hydrazine groups is 1. The van der Waals surface area contributed by atoms with Crippen LogP contribution in [0.15, 0.2) is 64.8 Å². The molecule has 0 bridgehead atoms. The second kappa shape index (κ2) is 11.7. The van der Waals surface area contributed by atoms with Crippen LogP contribution in [0, 0.1) is 12.3 Å². The van der Waals surface area contributed by atoms with Crippen molar-refractivity contribution >= 4 is 50.8 Å². The van der Waals surface area contributed by atoms with E-state index in [4.69, 9.17) is 0 Å². The first-order valence-corrected chi connectivity index (χ1v) is 14.3. The Morgan fingerprint density at radius 3 is 2.58 bits per heavy atom. The molecule has 2 aliphatic heterocycles. The summed E-state index contributed by atoms with van der Waals surface area (Å²) in [6.45, 7) is 2.53. The van der Waals surface area contributed by atoms with E-state index in [0.717, 1.165) is 0 Å². The number of aryl methyl sites for hydroxylation is 1. The summed E-state index contributed by atoms with van der Waals surface area (Å²) in [6.07, 6.45) is 6.48. The molecule has 5 rings (SSSR count). The lowest BCUT2D eigenvalue weighted by molar-refractivity contribution is -0.140. The molecule has 224 valence electrons. The summed E-state index contributed by atoms with van der Waals surface area (Å²) < 4.78 is 15.1. The predicted molar refractivity (Wildman–Crippen MR) is 158 cm³/mol. The molecule has 0 aromatic carbocycles. The number of Topliss-reactive ketones (excluding diaryl/α,β-unsaturated/α-hetero) is 1. The Morgan fingerprint density at radius 2 is 1.93 bits per heavy atom. The number of hydrogen-bond donors (Lipinski definition) is 2. The maximum Gasteiger partial charge on any atom is 0.248 e. The summed E-state index contributed by atoms with van der Waals surface area (Å²) in [7, 11) is 3.12. The van der Waals surface area contributed by atoms with Gasteiger partial charge >= 0.3 is 0 Å². The van der Waals surface area contributed by atoms with Crippen molar-refractivity contribution in [3.8, 4) is 0 Å². The van der Waals surface area contributed by atoms with Crippen molar-refractivity contribution in [3.05, 3.63) is 76.2 Å². The monoisotopic (exact) mass is 652 g/mol. The summed E-state index contributed by atoms with van der Waals surface area (Å²) in [5, 5.41) is 4.13. The number of hydrogen-bond acceptors (Lipinski definition) is 9. The molecule has 1 fully saturated rings. The van der Waals surface area contributed by atoms with Crippen LogP contribution in [0.3, 0.4) is 0 Å². The quantitative estimate of drug-likeness (QED) is 0.340. The second-order valence-corrected chi connectivity index (χ2v) is 11.5. The van der Waals surface area contributed by atoms with E-state index in [2.05, 4.69) is 41.6 Å². The third kappa shape index (κ3) is 5.66. The summed E-state index contributed by atoms with van der Waals surface area (Å²) >= 11 is 3.25. The van der Waals surface area contributed by atoms with Gasteiger partial charge in [-0.15, -0.1) is 0 Å². The number of allylic oxidation sites excluding steroid dienone is 1. The highest BCUT2D eigenvalue weighted by Crippen LogP contribution is 2.46. The van der Waals surface area contributed by atoms with Gasteiger partial charge in [-0.1, -0.05) is 6.07 Å². The van der Waals surface area contributed by atoms with Gasteiger partial charge in [0.05, 0.1) is 12.2 Å². The zero-order valence-electron chi connectivity index (χ0n) is 24.0. The number of anilines is 1. The van der Waals surface area contributed by atoms with E-state index in [1.807, 2.05) is 0 Å². The second-order valence-electron chi connectivity index (χ2n) is 10.7. The fourth-order valence-corrected chi connectivity index (χ4v) is 5.79. The summed E-state index contributed by atoms with van der Waals surface area (Å²) in [5.41, 5.74) is 3.24. The Balaban J connectivity index is 1.43. The molecule has 1 saturated heterocycles. The number of halogens is 2. The van der Waals surface area contributed by atoms with Crippen LogP contribution in [-0.4, -0.2) is 92.7 Å². The number of carbonyl (C=O) groups is 4. The first-order chi connectivity index (χ1) is 20.4. The molecule has 12 nitrogen and oxygen atoms in total. The number of aromatic nitrogens is 3. The normalized spacial score (nSPS) is 22.6. The van der Waals surface area contributed by atoms with E-state index >= 15 is 0 Å². The Kier molecular flexibility index (Phi) is 8.14. The van der Waals surface area contributed by atoms with Gasteiger partial charge in [0.25, 0.3) is 0 Å². The molecule has 1 unspecified atom stereocenters. The van der Waals surface area contributed by atoms with E-state index in [1.165, 1.54) is 27.8 Å². The van der Waals surface area contributed by atoms with Crippen molar-refractivity contribution in [2.24, 2.45) is 5.41 Å². The van der Waals surface area contributed by atoms with E-state index < -0.39 is 41.1 Å². The van der Waals surface area contributed by atoms with Crippen molar-refractivity contribution in [1.29, 1.82) is 0 Å². The highest BCUT2D eigenvalue weighted by Gasteiger charge is 2.50. The van der Waals surface area contributed by atoms with Crippen LogP contribution in [0.25, 0.3) is 5.57 Å². The van der Waals surface area contributed by atoms with Crippen LogP contribution in [0.4, 0.5) is 10.2 Å². The fourth-order valence-electron chi connectivity index (χ4n) is 5.44. The first kappa shape index (κ1) is 30.0. The van der Waals surface area contributed by atoms with Gasteiger partial charge < -0.3 is 20.5 Å². The molecular weight excluding hydrogens is 623 g/mol. The maximum atomic E-state index is 14.6. The Bertz CT molecular complexity index is 1590. The molecule has 0 radical (unpaired) electrons. The molecule has 1 aliphatic carbocycles. The Hall–Kier alpha value is -4.46. The van der Waals surface area contributed by atoms with E-state index in [1.54, 1.807) is 63.9 Å². The highest BCUT2D eigenvalue weighted by atomic mass is 79.9. The van der Waals surface area contributed by atoms with Gasteiger partial charge in [0.2, 0.25) is 17.7 Å². The molecule has 0 saturated carbocycles. The molecule has 3 aliphatic rings. The SMILES string of the molecule is CC(=O)C1(C(=O)N(C)C)C=C2C(=CNN2CC(=O)N2C[C@H](F)C[C@H]2C(=O)Nc2cccc(Br)n2)C=C1c1cnc(C)nc1. The van der Waals surface area contributed by atoms with Gasteiger partial charge in [-0.3, -0.25) is 24.2 Å². The zero-order chi connectivity index (χ0) is 31.1. The molecular formula is C29H30BrFN8O4. The highest BCUT2D eigenvalue weighted by molar-refractivity contribution is 9.10. The molecule has 2 aromatic rings. The van der Waals surface area contributed by atoms with Gasteiger partial charge in [-0.05, 0) is 59.6 Å². The molecule has 3 atom stereocenters. The van der Waals surface area contributed by atoms with E-state index in [0.29, 0.717) is 32.8 Å². The minimum Gasteiger partial charge on any atom is -0.347 e. The van der Waals surface area contributed by atoms with Crippen molar-refractivity contribution in [2.45, 2.75) is 32.5 Å². The van der Waals surface area contributed by atoms with Crippen LogP contribution < -0.4 is 10.7 Å². The third-order valence-corrected chi connectivity index (χ3v) is 8.01. The molecule has 4 heterocycles. The van der Waals surface area contributed by atoms with Crippen LogP contribution in [0.2, 0.25) is 0 Å². The van der Waals surface area contributed by atoms with Crippen LogP contribution in [0.5, 0.6) is 0 Å². The minimum absolute atomic E-state index is 0.152. The molecule has 3 amide bonds. The van der Waals surface area contributed by atoms with Gasteiger partial charge in [0, 0.05) is 50.2 Å². The molecule has 0 spiro atoms. The summed E-state index contributed by atoms with van der Waals surface area (Å²) in [4.78, 5) is 68.9. The number of fused-ring (bicyclic) bond motifs is 1. The predicted octanol–water partition coefficient (Wildman–Crippen LogP) is 2.17. The average Bonchev–Trinajstić information content (AvgIpc) is 3.54. The number of ketones is 1. The van der Waals surface area contributed by atoms with Gasteiger partial charge in [-0.25, -0.2) is 19.3 Å². The number of nitrogens with one attached hydrogen (secondary N) is 2. The number of carbonyl (C=O) groups excluding carboxylic acids is 4. The number of likely N-dealkylation sites (tertiary alicyclic amines) is 1. The number of alkyl halides is 1. The van der Waals surface area contributed by atoms with Crippen LogP contribution in [0.1, 0.15) is 24.7 Å². The topological polar surface area (TPSA) is 141 Å².